The summed E-state index contributed by atoms with van der Waals surface area (Å²) in [6.07, 6.45) is 10.3. The van der Waals surface area contributed by atoms with Crippen molar-refractivity contribution in [3.05, 3.63) is 83.0 Å². The molecule has 44 heavy (non-hydrogen) atoms. The standard InChI is InChI=1S/C38H40N4O2/c1-3-7-27-25(5-1)37-11-13-39-19-21-10-16-44-36-31(23(21)17-29(37)39)33(37)41(27)35-32-24-18-30-38(12-14-40(30)20-22(24)9-15-43-35)26-6-2-4-8-28(26)42(36)34(32)38/h1-10,23-24,29-36H,11-20H2/t23-,24-,29-,30-,31+,32+,33-,34-,35+,36+,37?,38?/m0/s1. The van der Waals surface area contributed by atoms with E-state index in [9.17, 15) is 0 Å². The fraction of sp³-hybridized carbons (Fsp3) is 0.579. The number of hydrogen-bond donors (Lipinski definition) is 0. The lowest BCUT2D eigenvalue weighted by Gasteiger charge is -2.65. The number of anilines is 2. The molecule has 12 atom stereocenters. The third-order valence-electron chi connectivity index (χ3n) is 15.5. The zero-order valence-electron chi connectivity index (χ0n) is 25.2. The Hall–Kier alpha value is -2.64. The fourth-order valence-electron chi connectivity index (χ4n) is 14.5. The molecule has 11 aliphatic rings. The van der Waals surface area contributed by atoms with E-state index >= 15 is 0 Å². The lowest BCUT2D eigenvalue weighted by atomic mass is 9.52. The summed E-state index contributed by atoms with van der Waals surface area (Å²) < 4.78 is 14.7. The van der Waals surface area contributed by atoms with E-state index in [0.29, 0.717) is 47.8 Å². The van der Waals surface area contributed by atoms with Gasteiger partial charge in [-0.05, 0) is 73.9 Å². The highest BCUT2D eigenvalue weighted by Crippen LogP contribution is 2.71. The van der Waals surface area contributed by atoms with Crippen LogP contribution in [0.4, 0.5) is 11.4 Å². The number of ether oxygens (including phenoxy) is 2. The quantitative estimate of drug-likeness (QED) is 0.431. The van der Waals surface area contributed by atoms with Crippen LogP contribution in [-0.2, 0) is 20.3 Å². The van der Waals surface area contributed by atoms with Gasteiger partial charge in [-0.25, -0.2) is 0 Å². The summed E-state index contributed by atoms with van der Waals surface area (Å²) in [5.41, 5.74) is 9.81. The van der Waals surface area contributed by atoms with Gasteiger partial charge in [-0.15, -0.1) is 0 Å². The van der Waals surface area contributed by atoms with Gasteiger partial charge in [-0.1, -0.05) is 59.7 Å². The largest absolute Gasteiger partial charge is 0.354 e. The van der Waals surface area contributed by atoms with Crippen LogP contribution in [0, 0.1) is 23.7 Å². The van der Waals surface area contributed by atoms with Crippen molar-refractivity contribution in [3.63, 3.8) is 0 Å². The normalized spacial score (nSPS) is 49.4. The Morgan fingerprint density at radius 2 is 1.09 bits per heavy atom. The molecule has 4 bridgehead atoms. The molecule has 13 rings (SSSR count). The molecule has 2 aliphatic carbocycles. The second-order valence-corrected chi connectivity index (χ2v) is 16.1. The summed E-state index contributed by atoms with van der Waals surface area (Å²) in [5.74, 6) is 1.96. The number of para-hydroxylation sites is 2. The van der Waals surface area contributed by atoms with Crippen LogP contribution in [0.1, 0.15) is 36.8 Å². The molecule has 0 amide bonds. The second kappa shape index (κ2) is 7.49. The molecule has 5 saturated heterocycles. The summed E-state index contributed by atoms with van der Waals surface area (Å²) in [5, 5.41) is 0. The Kier molecular flexibility index (Phi) is 4.03. The van der Waals surface area contributed by atoms with Gasteiger partial charge in [0.05, 0.1) is 25.3 Å². The monoisotopic (exact) mass is 584 g/mol. The number of hydrogen-bond acceptors (Lipinski definition) is 6. The Bertz CT molecular complexity index is 1610. The molecule has 2 spiro atoms. The smallest absolute Gasteiger partial charge is 0.136 e. The minimum absolute atomic E-state index is 0.0792. The Morgan fingerprint density at radius 3 is 1.59 bits per heavy atom. The molecule has 9 aliphatic heterocycles. The summed E-state index contributed by atoms with van der Waals surface area (Å²) in [6, 6.07) is 21.3. The predicted molar refractivity (Wildman–Crippen MR) is 168 cm³/mol. The van der Waals surface area contributed by atoms with Crippen LogP contribution in [0.3, 0.4) is 0 Å². The molecule has 7 fully saturated rings. The Morgan fingerprint density at radius 1 is 0.614 bits per heavy atom. The van der Waals surface area contributed by atoms with Crippen LogP contribution in [0.25, 0.3) is 0 Å². The maximum absolute atomic E-state index is 7.36. The SMILES string of the molecule is C1=C2CN3CCC45c6ccccc6N6[C@@H]7OCC=C8CN9CCC%10%11c%12ccccc%12N([C@H](OC1)[C@@H]([C@H]64)[C@H]2C[C@H]35)[C@H]%10[C@H]7[C@H]8C[C@H]9%11. The number of nitrogens with zero attached hydrogens (tertiary/aromatic N) is 4. The molecule has 0 N–H and O–H groups in total. The maximum atomic E-state index is 7.36. The van der Waals surface area contributed by atoms with Crippen molar-refractivity contribution in [1.29, 1.82) is 0 Å². The van der Waals surface area contributed by atoms with E-state index in [1.165, 1.54) is 50.1 Å². The third-order valence-corrected chi connectivity index (χ3v) is 15.5. The van der Waals surface area contributed by atoms with E-state index in [2.05, 4.69) is 80.3 Å². The van der Waals surface area contributed by atoms with Crippen LogP contribution in [-0.4, -0.2) is 85.8 Å². The van der Waals surface area contributed by atoms with Crippen molar-refractivity contribution in [2.24, 2.45) is 23.7 Å². The average Bonchev–Trinajstić information content (AvgIpc) is 3.71. The fourth-order valence-corrected chi connectivity index (χ4v) is 14.5. The van der Waals surface area contributed by atoms with Gasteiger partial charge in [0.25, 0.3) is 0 Å². The minimum Gasteiger partial charge on any atom is -0.354 e. The van der Waals surface area contributed by atoms with Gasteiger partial charge in [0.1, 0.15) is 12.5 Å². The molecule has 0 aromatic heterocycles. The molecule has 6 nitrogen and oxygen atoms in total. The highest BCUT2D eigenvalue weighted by atomic mass is 16.5. The van der Waals surface area contributed by atoms with E-state index in [-0.39, 0.29) is 23.3 Å². The van der Waals surface area contributed by atoms with Crippen LogP contribution in [0.5, 0.6) is 0 Å². The molecule has 6 heteroatoms. The highest BCUT2D eigenvalue weighted by molar-refractivity contribution is 5.72. The van der Waals surface area contributed by atoms with E-state index in [1.54, 1.807) is 22.3 Å². The molecular weight excluding hydrogens is 544 g/mol. The number of rotatable bonds is 0. The Labute approximate surface area is 259 Å². The first-order valence-corrected chi connectivity index (χ1v) is 17.6. The van der Waals surface area contributed by atoms with E-state index in [1.807, 2.05) is 0 Å². The van der Waals surface area contributed by atoms with Crippen LogP contribution in [0.2, 0.25) is 0 Å². The highest BCUT2D eigenvalue weighted by Gasteiger charge is 2.76. The predicted octanol–water partition coefficient (Wildman–Crippen LogP) is 4.27. The van der Waals surface area contributed by atoms with Crippen molar-refractivity contribution in [1.82, 2.24) is 9.80 Å². The van der Waals surface area contributed by atoms with Crippen molar-refractivity contribution < 1.29 is 9.47 Å². The van der Waals surface area contributed by atoms with Crippen LogP contribution in [0.15, 0.2) is 71.8 Å². The molecule has 2 aromatic rings. The molecule has 2 aromatic carbocycles. The zero-order chi connectivity index (χ0) is 28.1. The van der Waals surface area contributed by atoms with Crippen molar-refractivity contribution in [3.8, 4) is 0 Å². The van der Waals surface area contributed by atoms with Gasteiger partial charge in [-0.3, -0.25) is 9.80 Å². The van der Waals surface area contributed by atoms with E-state index in [0.717, 1.165) is 26.3 Å². The minimum atomic E-state index is 0.0792. The second-order valence-electron chi connectivity index (χ2n) is 16.1. The van der Waals surface area contributed by atoms with Crippen molar-refractivity contribution in [2.45, 2.75) is 73.1 Å². The maximum Gasteiger partial charge on any atom is 0.136 e. The van der Waals surface area contributed by atoms with Gasteiger partial charge in [-0.2, -0.15) is 0 Å². The number of benzene rings is 2. The first kappa shape index (κ1) is 23.7. The van der Waals surface area contributed by atoms with E-state index < -0.39 is 0 Å². The lowest BCUT2D eigenvalue weighted by Crippen LogP contribution is -2.76. The van der Waals surface area contributed by atoms with Gasteiger partial charge >= 0.3 is 0 Å². The van der Waals surface area contributed by atoms with Crippen molar-refractivity contribution >= 4 is 11.4 Å². The Balaban J connectivity index is 1.15. The molecule has 224 valence electrons. The summed E-state index contributed by atoms with van der Waals surface area (Å²) >= 11 is 0. The molecule has 2 saturated carbocycles. The van der Waals surface area contributed by atoms with E-state index in [4.69, 9.17) is 9.47 Å². The molecule has 0 radical (unpaired) electrons. The van der Waals surface area contributed by atoms with Gasteiger partial charge in [0.2, 0.25) is 0 Å². The average molecular weight is 585 g/mol. The van der Waals surface area contributed by atoms with Gasteiger partial charge < -0.3 is 19.3 Å². The van der Waals surface area contributed by atoms with Crippen LogP contribution < -0.4 is 9.80 Å². The molecule has 9 heterocycles. The zero-order valence-corrected chi connectivity index (χ0v) is 25.2. The van der Waals surface area contributed by atoms with Crippen molar-refractivity contribution in [2.75, 3.05) is 49.2 Å². The lowest BCUT2D eigenvalue weighted by molar-refractivity contribution is -0.105. The third kappa shape index (κ3) is 2.28. The summed E-state index contributed by atoms with van der Waals surface area (Å²) in [6.45, 7) is 6.18. The summed E-state index contributed by atoms with van der Waals surface area (Å²) in [7, 11) is 0. The number of fused-ring (bicyclic) bond motifs is 6. The van der Waals surface area contributed by atoms with Gasteiger partial charge in [0, 0.05) is 59.2 Å². The summed E-state index contributed by atoms with van der Waals surface area (Å²) in [4.78, 5) is 11.6. The molecular formula is C38H40N4O2. The first-order chi connectivity index (χ1) is 21.8. The topological polar surface area (TPSA) is 31.4 Å². The van der Waals surface area contributed by atoms with Crippen LogP contribution >= 0.6 is 0 Å². The number of piperidine rings is 2. The first-order valence-electron chi connectivity index (χ1n) is 17.6. The molecule has 2 unspecified atom stereocenters. The van der Waals surface area contributed by atoms with Gasteiger partial charge in [0.15, 0.2) is 0 Å².